The maximum absolute atomic E-state index is 13.4. The molecule has 0 spiro atoms. The van der Waals surface area contributed by atoms with Crippen molar-refractivity contribution in [2.24, 2.45) is 0 Å². The molecule has 1 N–H and O–H groups in total. The van der Waals surface area contributed by atoms with Crippen LogP contribution in [0.2, 0.25) is 0 Å². The molecular formula is C13H12F2N2O2S2. The zero-order chi connectivity index (χ0) is 15.0. The second-order valence-corrected chi connectivity index (χ2v) is 6.61. The van der Waals surface area contributed by atoms with Crippen molar-refractivity contribution in [2.75, 3.05) is 6.54 Å². The zero-order valence-corrected chi connectivity index (χ0v) is 12.5. The number of carboxylic acids is 1. The van der Waals surface area contributed by atoms with E-state index in [-0.39, 0.29) is 6.54 Å². The van der Waals surface area contributed by atoms with Crippen molar-refractivity contribution < 1.29 is 18.7 Å². The minimum atomic E-state index is -2.95. The van der Waals surface area contributed by atoms with Gasteiger partial charge in [0.15, 0.2) is 0 Å². The third-order valence-corrected chi connectivity index (χ3v) is 4.96. The molecule has 3 heterocycles. The topological polar surface area (TPSA) is 53.4 Å². The van der Waals surface area contributed by atoms with Gasteiger partial charge in [0.1, 0.15) is 11.0 Å². The average molecular weight is 330 g/mol. The molecule has 112 valence electrons. The van der Waals surface area contributed by atoms with E-state index in [2.05, 4.69) is 4.98 Å². The van der Waals surface area contributed by atoms with Crippen molar-refractivity contribution >= 4 is 28.6 Å². The summed E-state index contributed by atoms with van der Waals surface area (Å²) in [6.45, 7) is -0.400. The predicted octanol–water partition coefficient (Wildman–Crippen LogP) is 3.17. The molecule has 1 aliphatic heterocycles. The van der Waals surface area contributed by atoms with Crippen molar-refractivity contribution in [2.45, 2.75) is 24.9 Å². The van der Waals surface area contributed by atoms with Gasteiger partial charge in [-0.15, -0.1) is 11.3 Å². The first-order valence-electron chi connectivity index (χ1n) is 6.26. The van der Waals surface area contributed by atoms with E-state index in [1.165, 1.54) is 16.2 Å². The first kappa shape index (κ1) is 14.6. The van der Waals surface area contributed by atoms with Crippen LogP contribution in [0.3, 0.4) is 0 Å². The lowest BCUT2D eigenvalue weighted by Gasteiger charge is -2.18. The van der Waals surface area contributed by atoms with Crippen molar-refractivity contribution in [3.8, 4) is 10.6 Å². The summed E-state index contributed by atoms with van der Waals surface area (Å²) in [6.07, 6.45) is -0.635. The number of hydrogen-bond donors (Lipinski definition) is 1. The van der Waals surface area contributed by atoms with Crippen LogP contribution in [0.15, 0.2) is 22.2 Å². The molecule has 3 rings (SSSR count). The van der Waals surface area contributed by atoms with Gasteiger partial charge in [-0.2, -0.15) is 11.3 Å². The van der Waals surface area contributed by atoms with Gasteiger partial charge in [0.25, 0.3) is 5.92 Å². The van der Waals surface area contributed by atoms with Crippen LogP contribution < -0.4 is 0 Å². The number of likely N-dealkylation sites (tertiary alicyclic amines) is 1. The van der Waals surface area contributed by atoms with Gasteiger partial charge in [0.2, 0.25) is 0 Å². The molecule has 0 unspecified atom stereocenters. The van der Waals surface area contributed by atoms with Crippen LogP contribution in [0.5, 0.6) is 0 Å². The Bertz CT molecular complexity index is 642. The summed E-state index contributed by atoms with van der Waals surface area (Å²) < 4.78 is 26.8. The van der Waals surface area contributed by atoms with E-state index < -0.39 is 30.9 Å². The Morgan fingerprint density at radius 2 is 2.33 bits per heavy atom. The average Bonchev–Trinajstić information content (AvgIpc) is 3.08. The molecule has 21 heavy (non-hydrogen) atoms. The van der Waals surface area contributed by atoms with Crippen LogP contribution in [0.1, 0.15) is 12.1 Å². The quantitative estimate of drug-likeness (QED) is 0.935. The molecule has 0 saturated carbocycles. The molecule has 8 heteroatoms. The number of halogens is 2. The molecule has 4 nitrogen and oxygen atoms in total. The number of aliphatic carboxylic acids is 1. The van der Waals surface area contributed by atoms with Gasteiger partial charge in [0, 0.05) is 29.3 Å². The second-order valence-electron chi connectivity index (χ2n) is 4.98. The van der Waals surface area contributed by atoms with Gasteiger partial charge >= 0.3 is 5.97 Å². The number of aromatic nitrogens is 1. The molecule has 1 saturated heterocycles. The highest BCUT2D eigenvalue weighted by Gasteiger charge is 2.48. The fourth-order valence-electron chi connectivity index (χ4n) is 2.40. The summed E-state index contributed by atoms with van der Waals surface area (Å²) in [5.74, 6) is -4.16. The molecule has 1 aliphatic rings. The Balaban J connectivity index is 1.75. The molecule has 0 bridgehead atoms. The van der Waals surface area contributed by atoms with E-state index >= 15 is 0 Å². The van der Waals surface area contributed by atoms with Crippen molar-refractivity contribution in [3.05, 3.63) is 27.9 Å². The lowest BCUT2D eigenvalue weighted by atomic mass is 10.2. The van der Waals surface area contributed by atoms with E-state index in [1.54, 1.807) is 16.7 Å². The monoisotopic (exact) mass is 330 g/mol. The Hall–Kier alpha value is -1.38. The van der Waals surface area contributed by atoms with Gasteiger partial charge in [-0.3, -0.25) is 9.69 Å². The van der Waals surface area contributed by atoms with E-state index in [0.29, 0.717) is 5.69 Å². The highest BCUT2D eigenvalue weighted by Crippen LogP contribution is 2.34. The van der Waals surface area contributed by atoms with Gasteiger partial charge in [-0.1, -0.05) is 0 Å². The van der Waals surface area contributed by atoms with Crippen LogP contribution >= 0.6 is 22.7 Å². The predicted molar refractivity (Wildman–Crippen MR) is 76.8 cm³/mol. The molecule has 0 aliphatic carbocycles. The van der Waals surface area contributed by atoms with Gasteiger partial charge < -0.3 is 5.11 Å². The maximum atomic E-state index is 13.4. The first-order chi connectivity index (χ1) is 9.94. The molecule has 2 aromatic heterocycles. The molecule has 0 radical (unpaired) electrons. The third kappa shape index (κ3) is 3.12. The summed E-state index contributed by atoms with van der Waals surface area (Å²) in [7, 11) is 0. The molecule has 1 fully saturated rings. The summed E-state index contributed by atoms with van der Waals surface area (Å²) in [5.41, 5.74) is 1.63. The molecule has 2 aromatic rings. The first-order valence-corrected chi connectivity index (χ1v) is 8.08. The number of thiophene rings is 1. The Labute approximate surface area is 127 Å². The van der Waals surface area contributed by atoms with Crippen LogP contribution in [-0.2, 0) is 11.3 Å². The van der Waals surface area contributed by atoms with Crippen molar-refractivity contribution in [3.63, 3.8) is 0 Å². The van der Waals surface area contributed by atoms with Crippen LogP contribution in [0.4, 0.5) is 8.78 Å². The van der Waals surface area contributed by atoms with Gasteiger partial charge in [-0.25, -0.2) is 13.8 Å². The van der Waals surface area contributed by atoms with E-state index in [1.807, 2.05) is 16.8 Å². The van der Waals surface area contributed by atoms with Crippen molar-refractivity contribution in [1.82, 2.24) is 9.88 Å². The lowest BCUT2D eigenvalue weighted by Crippen LogP contribution is -2.35. The third-order valence-electron chi connectivity index (χ3n) is 3.34. The zero-order valence-electron chi connectivity index (χ0n) is 10.8. The van der Waals surface area contributed by atoms with Crippen molar-refractivity contribution in [1.29, 1.82) is 0 Å². The Morgan fingerprint density at radius 3 is 3.00 bits per heavy atom. The summed E-state index contributed by atoms with van der Waals surface area (Å²) in [5, 5.41) is 15.6. The number of nitrogens with zero attached hydrogens (tertiary/aromatic N) is 2. The number of alkyl halides is 2. The molecule has 0 amide bonds. The van der Waals surface area contributed by atoms with Gasteiger partial charge in [0.05, 0.1) is 12.2 Å². The second kappa shape index (κ2) is 5.43. The highest BCUT2D eigenvalue weighted by atomic mass is 32.1. The normalized spacial score (nSPS) is 21.7. The number of hydrogen-bond acceptors (Lipinski definition) is 5. The SMILES string of the molecule is O=C(O)[C@H]1CC(F)(F)CN1Cc1csc(-c2ccsc2)n1. The highest BCUT2D eigenvalue weighted by molar-refractivity contribution is 7.14. The molecule has 0 aromatic carbocycles. The summed E-state index contributed by atoms with van der Waals surface area (Å²) >= 11 is 2.99. The number of thiazole rings is 1. The smallest absolute Gasteiger partial charge is 0.321 e. The fourth-order valence-corrected chi connectivity index (χ4v) is 3.92. The van der Waals surface area contributed by atoms with Crippen LogP contribution in [0.25, 0.3) is 10.6 Å². The minimum Gasteiger partial charge on any atom is -0.480 e. The van der Waals surface area contributed by atoms with Crippen LogP contribution in [0, 0.1) is 0 Å². The summed E-state index contributed by atoms with van der Waals surface area (Å²) in [4.78, 5) is 16.8. The van der Waals surface area contributed by atoms with E-state index in [9.17, 15) is 13.6 Å². The molecule has 1 atom stereocenters. The number of carbonyl (C=O) groups is 1. The van der Waals surface area contributed by atoms with E-state index in [0.717, 1.165) is 10.6 Å². The minimum absolute atomic E-state index is 0.132. The Kier molecular flexibility index (Phi) is 3.76. The Morgan fingerprint density at radius 1 is 1.52 bits per heavy atom. The lowest BCUT2D eigenvalue weighted by molar-refractivity contribution is -0.142. The van der Waals surface area contributed by atoms with E-state index in [4.69, 9.17) is 5.11 Å². The standard InChI is InChI=1S/C13H12F2N2O2S2/c14-13(15)3-10(12(18)19)17(7-13)4-9-6-21-11(16-9)8-1-2-20-5-8/h1-2,5-6,10H,3-4,7H2,(H,18,19)/t10-/m1/s1. The number of rotatable bonds is 4. The summed E-state index contributed by atoms with van der Waals surface area (Å²) in [6, 6.07) is 0.795. The number of carboxylic acid groups (broad SMARTS) is 1. The van der Waals surface area contributed by atoms with Crippen LogP contribution in [-0.4, -0.2) is 39.5 Å². The largest absolute Gasteiger partial charge is 0.480 e. The maximum Gasteiger partial charge on any atom is 0.321 e. The fraction of sp³-hybridized carbons (Fsp3) is 0.385. The molecular weight excluding hydrogens is 318 g/mol. The van der Waals surface area contributed by atoms with Gasteiger partial charge in [-0.05, 0) is 11.4 Å².